The summed E-state index contributed by atoms with van der Waals surface area (Å²) < 4.78 is 5.57. The highest BCUT2D eigenvalue weighted by molar-refractivity contribution is 8.00. The molecule has 10 heteroatoms. The quantitative estimate of drug-likeness (QED) is 0.353. The fraction of sp³-hybridized carbons (Fsp3) is 0.125. The van der Waals surface area contributed by atoms with Gasteiger partial charge in [0, 0.05) is 17.2 Å². The molecular formula is C16H11Cl2N3O4S. The SMILES string of the molecule is CC(Sc1nc2cc(Cl)ccc2o1)C(=O)Nc1cc([N+](=O)[O-])ccc1Cl. The summed E-state index contributed by atoms with van der Waals surface area (Å²) in [5, 5.41) is 13.9. The molecule has 3 rings (SSSR count). The number of hydrogen-bond acceptors (Lipinski definition) is 6. The van der Waals surface area contributed by atoms with Crippen LogP contribution in [0.2, 0.25) is 10.0 Å². The molecule has 134 valence electrons. The highest BCUT2D eigenvalue weighted by atomic mass is 35.5. The van der Waals surface area contributed by atoms with Crippen molar-refractivity contribution in [2.75, 3.05) is 5.32 Å². The number of fused-ring (bicyclic) bond motifs is 1. The van der Waals surface area contributed by atoms with Crippen molar-refractivity contribution in [1.82, 2.24) is 4.98 Å². The van der Waals surface area contributed by atoms with Crippen LogP contribution in [0.4, 0.5) is 11.4 Å². The largest absolute Gasteiger partial charge is 0.431 e. The molecule has 0 saturated carbocycles. The van der Waals surface area contributed by atoms with E-state index in [1.165, 1.54) is 18.2 Å². The molecule has 0 spiro atoms. The number of nitrogens with one attached hydrogen (secondary N) is 1. The zero-order chi connectivity index (χ0) is 18.8. The molecule has 2 aromatic carbocycles. The summed E-state index contributed by atoms with van der Waals surface area (Å²) in [5.74, 6) is -0.391. The maximum absolute atomic E-state index is 12.4. The van der Waals surface area contributed by atoms with Crippen molar-refractivity contribution in [1.29, 1.82) is 0 Å². The smallest absolute Gasteiger partial charge is 0.271 e. The molecule has 26 heavy (non-hydrogen) atoms. The number of halogens is 2. The van der Waals surface area contributed by atoms with Crippen molar-refractivity contribution in [3.63, 3.8) is 0 Å². The van der Waals surface area contributed by atoms with Crippen molar-refractivity contribution < 1.29 is 14.1 Å². The van der Waals surface area contributed by atoms with Crippen molar-refractivity contribution in [2.45, 2.75) is 17.4 Å². The van der Waals surface area contributed by atoms with Crippen LogP contribution < -0.4 is 5.32 Å². The van der Waals surface area contributed by atoms with Gasteiger partial charge in [0.2, 0.25) is 5.91 Å². The Morgan fingerprint density at radius 2 is 2.08 bits per heavy atom. The first-order valence-electron chi connectivity index (χ1n) is 7.31. The third kappa shape index (κ3) is 4.09. The van der Waals surface area contributed by atoms with Crippen molar-refractivity contribution in [2.24, 2.45) is 0 Å². The van der Waals surface area contributed by atoms with Gasteiger partial charge in [-0.3, -0.25) is 14.9 Å². The van der Waals surface area contributed by atoms with Crippen molar-refractivity contribution in [3.05, 3.63) is 56.6 Å². The maximum Gasteiger partial charge on any atom is 0.271 e. The Kier molecular flexibility index (Phi) is 5.36. The molecule has 0 aliphatic heterocycles. The van der Waals surface area contributed by atoms with Crippen LogP contribution in [0, 0.1) is 10.1 Å². The van der Waals surface area contributed by atoms with E-state index in [9.17, 15) is 14.9 Å². The van der Waals surface area contributed by atoms with Gasteiger partial charge in [0.15, 0.2) is 5.58 Å². The number of oxazole rings is 1. The Balaban J connectivity index is 1.73. The second kappa shape index (κ2) is 7.53. The molecule has 0 aliphatic carbocycles. The molecule has 1 atom stereocenters. The van der Waals surface area contributed by atoms with Crippen LogP contribution in [0.3, 0.4) is 0 Å². The zero-order valence-electron chi connectivity index (χ0n) is 13.2. The zero-order valence-corrected chi connectivity index (χ0v) is 15.6. The summed E-state index contributed by atoms with van der Waals surface area (Å²) in [6, 6.07) is 8.88. The Hall–Kier alpha value is -2.29. The minimum Gasteiger partial charge on any atom is -0.431 e. The van der Waals surface area contributed by atoms with E-state index in [1.54, 1.807) is 25.1 Å². The highest BCUT2D eigenvalue weighted by Crippen LogP contribution is 2.30. The molecule has 0 fully saturated rings. The minimum absolute atomic E-state index is 0.166. The molecule has 3 aromatic rings. The average Bonchev–Trinajstić information content (AvgIpc) is 2.97. The maximum atomic E-state index is 12.4. The summed E-state index contributed by atoms with van der Waals surface area (Å²) in [6.07, 6.45) is 0. The van der Waals surface area contributed by atoms with E-state index in [1.807, 2.05) is 0 Å². The standard InChI is InChI=1S/C16H11Cl2N3O4S/c1-8(26-16-20-13-6-9(17)2-5-14(13)25-16)15(22)19-12-7-10(21(23)24)3-4-11(12)18/h2-8H,1H3,(H,19,22). The number of thioether (sulfide) groups is 1. The number of hydrogen-bond donors (Lipinski definition) is 1. The second-order valence-corrected chi connectivity index (χ2v) is 7.40. The molecule has 1 unspecified atom stereocenters. The number of nitro benzene ring substituents is 1. The van der Waals surface area contributed by atoms with Gasteiger partial charge in [-0.2, -0.15) is 0 Å². The number of nitrogens with zero attached hydrogens (tertiary/aromatic N) is 2. The third-order valence-corrected chi connectivity index (χ3v) is 4.90. The summed E-state index contributed by atoms with van der Waals surface area (Å²) >= 11 is 13.0. The number of nitro groups is 1. The molecule has 0 bridgehead atoms. The van der Waals surface area contributed by atoms with E-state index in [0.717, 1.165) is 11.8 Å². The van der Waals surface area contributed by atoms with Crippen LogP contribution in [0.15, 0.2) is 46.0 Å². The molecule has 1 heterocycles. The van der Waals surface area contributed by atoms with Gasteiger partial charge in [-0.05, 0) is 31.2 Å². The molecule has 0 aliphatic rings. The lowest BCUT2D eigenvalue weighted by molar-refractivity contribution is -0.384. The Labute approximate surface area is 161 Å². The predicted molar refractivity (Wildman–Crippen MR) is 101 cm³/mol. The summed E-state index contributed by atoms with van der Waals surface area (Å²) in [6.45, 7) is 1.66. The fourth-order valence-electron chi connectivity index (χ4n) is 2.09. The lowest BCUT2D eigenvalue weighted by Crippen LogP contribution is -2.22. The first-order chi connectivity index (χ1) is 12.3. The first-order valence-corrected chi connectivity index (χ1v) is 8.94. The lowest BCUT2D eigenvalue weighted by atomic mass is 10.2. The Morgan fingerprint density at radius 1 is 1.31 bits per heavy atom. The lowest BCUT2D eigenvalue weighted by Gasteiger charge is -2.11. The van der Waals surface area contributed by atoms with Crippen LogP contribution in [-0.2, 0) is 4.79 Å². The first kappa shape index (κ1) is 18.5. The molecule has 1 N–H and O–H groups in total. The second-order valence-electron chi connectivity index (χ2n) is 5.26. The normalized spacial score (nSPS) is 12.1. The minimum atomic E-state index is -0.575. The highest BCUT2D eigenvalue weighted by Gasteiger charge is 2.20. The van der Waals surface area contributed by atoms with E-state index in [0.29, 0.717) is 21.3 Å². The predicted octanol–water partition coefficient (Wildman–Crippen LogP) is 5.16. The van der Waals surface area contributed by atoms with Crippen molar-refractivity contribution in [3.8, 4) is 0 Å². The molecule has 0 saturated heterocycles. The van der Waals surface area contributed by atoms with E-state index in [2.05, 4.69) is 10.3 Å². The fourth-order valence-corrected chi connectivity index (χ4v) is 3.18. The number of amides is 1. The molecule has 1 aromatic heterocycles. The monoisotopic (exact) mass is 411 g/mol. The van der Waals surface area contributed by atoms with Crippen LogP contribution >= 0.6 is 35.0 Å². The van der Waals surface area contributed by atoms with Gasteiger partial charge in [-0.15, -0.1) is 0 Å². The van der Waals surface area contributed by atoms with Crippen LogP contribution in [0.1, 0.15) is 6.92 Å². The van der Waals surface area contributed by atoms with E-state index in [-0.39, 0.29) is 16.4 Å². The van der Waals surface area contributed by atoms with Gasteiger partial charge in [0.25, 0.3) is 10.9 Å². The summed E-state index contributed by atoms with van der Waals surface area (Å²) in [4.78, 5) is 26.9. The number of carbonyl (C=O) groups is 1. The van der Waals surface area contributed by atoms with Gasteiger partial charge >= 0.3 is 0 Å². The van der Waals surface area contributed by atoms with Gasteiger partial charge in [0.05, 0.1) is 20.9 Å². The van der Waals surface area contributed by atoms with E-state index >= 15 is 0 Å². The summed E-state index contributed by atoms with van der Waals surface area (Å²) in [7, 11) is 0. The molecule has 7 nitrogen and oxygen atoms in total. The molecule has 1 amide bonds. The number of anilines is 1. The van der Waals surface area contributed by atoms with Crippen LogP contribution in [0.25, 0.3) is 11.1 Å². The number of rotatable bonds is 5. The number of carbonyl (C=O) groups excluding carboxylic acids is 1. The van der Waals surface area contributed by atoms with Gasteiger partial charge in [-0.1, -0.05) is 35.0 Å². The summed E-state index contributed by atoms with van der Waals surface area (Å²) in [5.41, 5.74) is 1.16. The van der Waals surface area contributed by atoms with Gasteiger partial charge < -0.3 is 9.73 Å². The average molecular weight is 412 g/mol. The third-order valence-electron chi connectivity index (χ3n) is 3.40. The van der Waals surface area contributed by atoms with Crippen LogP contribution in [0.5, 0.6) is 0 Å². The molecule has 0 radical (unpaired) electrons. The number of aromatic nitrogens is 1. The van der Waals surface area contributed by atoms with Crippen molar-refractivity contribution >= 4 is 63.3 Å². The van der Waals surface area contributed by atoms with E-state index in [4.69, 9.17) is 27.6 Å². The van der Waals surface area contributed by atoms with Gasteiger partial charge in [-0.25, -0.2) is 4.98 Å². The van der Waals surface area contributed by atoms with Gasteiger partial charge in [0.1, 0.15) is 5.52 Å². The van der Waals surface area contributed by atoms with Crippen LogP contribution in [-0.4, -0.2) is 21.1 Å². The molecular weight excluding hydrogens is 401 g/mol. The topological polar surface area (TPSA) is 98.3 Å². The number of non-ortho nitro benzene ring substituents is 1. The van der Waals surface area contributed by atoms with E-state index < -0.39 is 16.1 Å². The Morgan fingerprint density at radius 3 is 2.81 bits per heavy atom. The Bertz CT molecular complexity index is 1010. The number of benzene rings is 2.